The third kappa shape index (κ3) is 4.84. The van der Waals surface area contributed by atoms with Crippen LogP contribution in [0.2, 0.25) is 0 Å². The second-order valence-electron chi connectivity index (χ2n) is 8.73. The number of rotatable bonds is 6. The van der Waals surface area contributed by atoms with Crippen molar-refractivity contribution in [2.24, 2.45) is 4.99 Å². The quantitative estimate of drug-likeness (QED) is 0.510. The predicted octanol–water partition coefficient (Wildman–Crippen LogP) is 4.72. The second kappa shape index (κ2) is 9.54. The van der Waals surface area contributed by atoms with E-state index < -0.39 is 10.0 Å². The molecule has 1 unspecified atom stereocenters. The fourth-order valence-corrected chi connectivity index (χ4v) is 6.88. The molecular formula is C25H29N3O3S2. The Morgan fingerprint density at radius 2 is 1.76 bits per heavy atom. The molecule has 1 aromatic heterocycles. The monoisotopic (exact) mass is 483 g/mol. The predicted molar refractivity (Wildman–Crippen MR) is 131 cm³/mol. The maximum absolute atomic E-state index is 12.9. The molecular weight excluding hydrogens is 454 g/mol. The van der Waals surface area contributed by atoms with Crippen LogP contribution in [0.4, 0.5) is 5.69 Å². The first kappa shape index (κ1) is 22.5. The third-order valence-electron chi connectivity index (χ3n) is 6.32. The lowest BCUT2D eigenvalue weighted by molar-refractivity contribution is 0.0968. The Bertz CT molecular complexity index is 1260. The van der Waals surface area contributed by atoms with E-state index in [-0.39, 0.29) is 6.10 Å². The van der Waals surface area contributed by atoms with Crippen LogP contribution in [0.15, 0.2) is 63.8 Å². The number of hydrogen-bond acceptors (Lipinski definition) is 5. The van der Waals surface area contributed by atoms with Crippen LogP contribution in [0.25, 0.3) is 11.3 Å². The van der Waals surface area contributed by atoms with Crippen LogP contribution < -0.4 is 4.80 Å². The van der Waals surface area contributed by atoms with Gasteiger partial charge in [0.2, 0.25) is 10.0 Å². The molecule has 2 aliphatic rings. The summed E-state index contributed by atoms with van der Waals surface area (Å²) in [5.74, 6) is 0. The van der Waals surface area contributed by atoms with Crippen molar-refractivity contribution < 1.29 is 13.2 Å². The van der Waals surface area contributed by atoms with Crippen LogP contribution in [0.5, 0.6) is 0 Å². The zero-order valence-corrected chi connectivity index (χ0v) is 20.4. The van der Waals surface area contributed by atoms with Gasteiger partial charge in [0.05, 0.1) is 28.9 Å². The van der Waals surface area contributed by atoms with Crippen molar-refractivity contribution in [3.63, 3.8) is 0 Å². The number of thiazole rings is 1. The Kier molecular flexibility index (Phi) is 6.51. The molecule has 6 nitrogen and oxygen atoms in total. The third-order valence-corrected chi connectivity index (χ3v) is 9.10. The van der Waals surface area contributed by atoms with E-state index >= 15 is 0 Å². The highest BCUT2D eigenvalue weighted by molar-refractivity contribution is 7.89. The van der Waals surface area contributed by atoms with Gasteiger partial charge in [-0.2, -0.15) is 4.31 Å². The molecule has 1 atom stereocenters. The summed E-state index contributed by atoms with van der Waals surface area (Å²) in [6.45, 7) is 4.83. The van der Waals surface area contributed by atoms with Gasteiger partial charge in [0.15, 0.2) is 4.80 Å². The van der Waals surface area contributed by atoms with Gasteiger partial charge in [-0.1, -0.05) is 29.8 Å². The molecule has 8 heteroatoms. The van der Waals surface area contributed by atoms with E-state index in [0.717, 1.165) is 60.6 Å². The Morgan fingerprint density at radius 3 is 2.42 bits per heavy atom. The molecule has 2 aliphatic heterocycles. The fourth-order valence-electron chi connectivity index (χ4n) is 4.42. The fraction of sp³-hybridized carbons (Fsp3) is 0.400. The Labute approximate surface area is 199 Å². The number of ether oxygens (including phenoxy) is 1. The van der Waals surface area contributed by atoms with Gasteiger partial charge in [-0.15, -0.1) is 11.3 Å². The van der Waals surface area contributed by atoms with Crippen molar-refractivity contribution in [1.82, 2.24) is 8.87 Å². The van der Waals surface area contributed by atoms with Crippen molar-refractivity contribution >= 4 is 27.0 Å². The molecule has 0 spiro atoms. The summed E-state index contributed by atoms with van der Waals surface area (Å²) in [6.07, 6.45) is 4.16. The van der Waals surface area contributed by atoms with Crippen molar-refractivity contribution in [2.75, 3.05) is 19.7 Å². The standard InChI is InChI=1S/C25H29N3O3S2/c1-19-6-10-21(11-7-19)26-25-28(17-22-5-4-16-31-22)24(18-32-25)20-8-12-23(13-9-20)33(29,30)27-14-2-3-15-27/h6-13,18,22H,2-5,14-17H2,1H3. The zero-order valence-electron chi connectivity index (χ0n) is 18.8. The van der Waals surface area contributed by atoms with E-state index in [1.807, 2.05) is 24.3 Å². The van der Waals surface area contributed by atoms with Gasteiger partial charge in [0.1, 0.15) is 0 Å². The molecule has 2 aromatic carbocycles. The lowest BCUT2D eigenvalue weighted by Gasteiger charge is -2.16. The highest BCUT2D eigenvalue weighted by Gasteiger charge is 2.27. The van der Waals surface area contributed by atoms with Gasteiger partial charge in [-0.05, 0) is 62.4 Å². The number of benzene rings is 2. The molecule has 0 bridgehead atoms. The lowest BCUT2D eigenvalue weighted by Crippen LogP contribution is -2.27. The minimum atomic E-state index is -3.41. The number of aromatic nitrogens is 1. The van der Waals surface area contributed by atoms with Crippen molar-refractivity contribution in [2.45, 2.75) is 50.2 Å². The number of nitrogens with zero attached hydrogens (tertiary/aromatic N) is 3. The molecule has 33 heavy (non-hydrogen) atoms. The first-order chi connectivity index (χ1) is 16.0. The van der Waals surface area contributed by atoms with E-state index in [0.29, 0.717) is 18.0 Å². The molecule has 0 radical (unpaired) electrons. The molecule has 0 amide bonds. The molecule has 2 fully saturated rings. The average Bonchev–Trinajstić information content (AvgIpc) is 3.59. The lowest BCUT2D eigenvalue weighted by atomic mass is 10.1. The molecule has 3 aromatic rings. The van der Waals surface area contributed by atoms with Crippen LogP contribution in [-0.4, -0.2) is 43.1 Å². The molecule has 0 saturated carbocycles. The summed E-state index contributed by atoms with van der Waals surface area (Å²) in [7, 11) is -3.41. The largest absolute Gasteiger partial charge is 0.376 e. The summed E-state index contributed by atoms with van der Waals surface area (Å²) in [6, 6.07) is 15.5. The smallest absolute Gasteiger partial charge is 0.243 e. The van der Waals surface area contributed by atoms with Crippen LogP contribution >= 0.6 is 11.3 Å². The second-order valence-corrected chi connectivity index (χ2v) is 11.5. The van der Waals surface area contributed by atoms with Crippen molar-refractivity contribution in [1.29, 1.82) is 0 Å². The molecule has 2 saturated heterocycles. The topological polar surface area (TPSA) is 63.9 Å². The summed E-state index contributed by atoms with van der Waals surface area (Å²) in [5.41, 5.74) is 4.14. The highest BCUT2D eigenvalue weighted by Crippen LogP contribution is 2.27. The van der Waals surface area contributed by atoms with Crippen LogP contribution in [0.1, 0.15) is 31.2 Å². The summed E-state index contributed by atoms with van der Waals surface area (Å²) >= 11 is 1.60. The minimum absolute atomic E-state index is 0.171. The van der Waals surface area contributed by atoms with Crippen molar-refractivity contribution in [3.05, 3.63) is 64.3 Å². The van der Waals surface area contributed by atoms with Gasteiger partial charge >= 0.3 is 0 Å². The number of aryl methyl sites for hydroxylation is 1. The van der Waals surface area contributed by atoms with E-state index in [1.165, 1.54) is 5.56 Å². The van der Waals surface area contributed by atoms with E-state index in [4.69, 9.17) is 9.73 Å². The van der Waals surface area contributed by atoms with Gasteiger partial charge in [-0.3, -0.25) is 0 Å². The normalized spacial score (nSPS) is 20.0. The SMILES string of the molecule is Cc1ccc(N=c2scc(-c3ccc(S(=O)(=O)N4CCCC4)cc3)n2CC2CCCO2)cc1. The first-order valence-corrected chi connectivity index (χ1v) is 13.8. The Hall–Kier alpha value is -2.26. The van der Waals surface area contributed by atoms with Crippen LogP contribution in [-0.2, 0) is 21.3 Å². The molecule has 3 heterocycles. The van der Waals surface area contributed by atoms with Gasteiger partial charge in [-0.25, -0.2) is 13.4 Å². The summed E-state index contributed by atoms with van der Waals surface area (Å²) in [4.78, 5) is 6.18. The average molecular weight is 484 g/mol. The van der Waals surface area contributed by atoms with E-state index in [9.17, 15) is 8.42 Å². The molecule has 0 aliphatic carbocycles. The minimum Gasteiger partial charge on any atom is -0.376 e. The maximum atomic E-state index is 12.9. The van der Waals surface area contributed by atoms with Crippen molar-refractivity contribution in [3.8, 4) is 11.3 Å². The maximum Gasteiger partial charge on any atom is 0.243 e. The molecule has 174 valence electrons. The summed E-state index contributed by atoms with van der Waals surface area (Å²) < 4.78 is 35.5. The van der Waals surface area contributed by atoms with Gasteiger partial charge in [0, 0.05) is 25.1 Å². The highest BCUT2D eigenvalue weighted by atomic mass is 32.2. The molecule has 5 rings (SSSR count). The van der Waals surface area contributed by atoms with E-state index in [1.54, 1.807) is 27.8 Å². The van der Waals surface area contributed by atoms with Gasteiger partial charge in [0.25, 0.3) is 0 Å². The van der Waals surface area contributed by atoms with Gasteiger partial charge < -0.3 is 9.30 Å². The summed E-state index contributed by atoms with van der Waals surface area (Å²) in [5, 5.41) is 2.10. The zero-order chi connectivity index (χ0) is 22.8. The first-order valence-electron chi connectivity index (χ1n) is 11.5. The van der Waals surface area contributed by atoms with Crippen LogP contribution in [0, 0.1) is 6.92 Å². The van der Waals surface area contributed by atoms with E-state index in [2.05, 4.69) is 29.0 Å². The number of hydrogen-bond donors (Lipinski definition) is 0. The van der Waals surface area contributed by atoms with Crippen LogP contribution in [0.3, 0.4) is 0 Å². The Balaban J connectivity index is 1.50. The number of sulfonamides is 1. The Morgan fingerprint density at radius 1 is 1.03 bits per heavy atom. The molecule has 0 N–H and O–H groups in total.